The van der Waals surface area contributed by atoms with Gasteiger partial charge in [-0.3, -0.25) is 4.79 Å². The lowest BCUT2D eigenvalue weighted by molar-refractivity contribution is -0.137. The summed E-state index contributed by atoms with van der Waals surface area (Å²) >= 11 is 1.65. The molecular formula is C10H19NO2S. The van der Waals surface area contributed by atoms with Gasteiger partial charge in [0.1, 0.15) is 0 Å². The van der Waals surface area contributed by atoms with Crippen LogP contribution in [0.15, 0.2) is 11.0 Å². The average Bonchev–Trinajstić information content (AvgIpc) is 2.11. The number of thioether (sulfide) groups is 1. The van der Waals surface area contributed by atoms with Crippen LogP contribution in [0.3, 0.4) is 0 Å². The van der Waals surface area contributed by atoms with Gasteiger partial charge >= 0.3 is 5.97 Å². The molecule has 0 aromatic rings. The molecule has 0 bridgehead atoms. The third-order valence-electron chi connectivity index (χ3n) is 1.84. The Hall–Kier alpha value is -0.480. The minimum atomic E-state index is -0.738. The van der Waals surface area contributed by atoms with E-state index >= 15 is 0 Å². The molecule has 0 rings (SSSR count). The summed E-state index contributed by atoms with van der Waals surface area (Å²) in [6.45, 7) is 6.62. The molecule has 14 heavy (non-hydrogen) atoms. The molecule has 4 heteroatoms. The number of aliphatic carboxylic acids is 1. The first kappa shape index (κ1) is 13.5. The SMILES string of the molecule is C/C(=C\SC(C)(C)CCC(=O)O)CN. The van der Waals surface area contributed by atoms with E-state index in [9.17, 15) is 4.79 Å². The highest BCUT2D eigenvalue weighted by Gasteiger charge is 2.18. The maximum Gasteiger partial charge on any atom is 0.303 e. The van der Waals surface area contributed by atoms with Gasteiger partial charge < -0.3 is 10.8 Å². The summed E-state index contributed by atoms with van der Waals surface area (Å²) in [6.07, 6.45) is 0.886. The Bertz CT molecular complexity index is 224. The molecule has 82 valence electrons. The van der Waals surface area contributed by atoms with Crippen molar-refractivity contribution in [3.8, 4) is 0 Å². The van der Waals surface area contributed by atoms with E-state index in [1.807, 2.05) is 26.2 Å². The Morgan fingerprint density at radius 3 is 2.57 bits per heavy atom. The van der Waals surface area contributed by atoms with Crippen LogP contribution >= 0.6 is 11.8 Å². The summed E-state index contributed by atoms with van der Waals surface area (Å²) in [5.41, 5.74) is 6.57. The van der Waals surface area contributed by atoms with Crippen molar-refractivity contribution in [1.29, 1.82) is 0 Å². The van der Waals surface area contributed by atoms with Gasteiger partial charge in [-0.25, -0.2) is 0 Å². The molecule has 0 heterocycles. The highest BCUT2D eigenvalue weighted by Crippen LogP contribution is 2.30. The molecule has 0 radical (unpaired) electrons. The number of nitrogens with two attached hydrogens (primary N) is 1. The van der Waals surface area contributed by atoms with Crippen molar-refractivity contribution in [1.82, 2.24) is 0 Å². The van der Waals surface area contributed by atoms with Crippen LogP contribution in [0.5, 0.6) is 0 Å². The zero-order chi connectivity index (χ0) is 11.2. The van der Waals surface area contributed by atoms with Crippen LogP contribution in [0.25, 0.3) is 0 Å². The van der Waals surface area contributed by atoms with Crippen molar-refractivity contribution in [3.63, 3.8) is 0 Å². The van der Waals surface area contributed by atoms with Gasteiger partial charge in [-0.2, -0.15) is 0 Å². The van der Waals surface area contributed by atoms with Crippen molar-refractivity contribution in [2.45, 2.75) is 38.4 Å². The number of carbonyl (C=O) groups is 1. The van der Waals surface area contributed by atoms with Crippen LogP contribution < -0.4 is 5.73 Å². The second kappa shape index (κ2) is 6.09. The molecule has 0 aliphatic heterocycles. The lowest BCUT2D eigenvalue weighted by Crippen LogP contribution is -2.15. The van der Waals surface area contributed by atoms with Crippen LogP contribution in [0.1, 0.15) is 33.6 Å². The van der Waals surface area contributed by atoms with Crippen LogP contribution in [0.2, 0.25) is 0 Å². The second-order valence-corrected chi connectivity index (χ2v) is 5.52. The standard InChI is InChI=1S/C10H19NO2S/c1-8(6-11)7-14-10(2,3)5-4-9(12)13/h7H,4-6,11H2,1-3H3,(H,12,13)/b8-7+. The monoisotopic (exact) mass is 217 g/mol. The van der Waals surface area contributed by atoms with Crippen LogP contribution in [-0.4, -0.2) is 22.4 Å². The lowest BCUT2D eigenvalue weighted by Gasteiger charge is -2.21. The first-order chi connectivity index (χ1) is 6.37. The third kappa shape index (κ3) is 6.97. The fourth-order valence-electron chi connectivity index (χ4n) is 0.775. The molecule has 0 saturated heterocycles. The lowest BCUT2D eigenvalue weighted by atomic mass is 10.1. The average molecular weight is 217 g/mol. The topological polar surface area (TPSA) is 63.3 Å². The Kier molecular flexibility index (Phi) is 5.88. The normalized spacial score (nSPS) is 13.0. The first-order valence-corrected chi connectivity index (χ1v) is 5.50. The molecule has 0 saturated carbocycles. The van der Waals surface area contributed by atoms with E-state index in [1.165, 1.54) is 0 Å². The Morgan fingerprint density at radius 1 is 1.57 bits per heavy atom. The summed E-state index contributed by atoms with van der Waals surface area (Å²) in [6, 6.07) is 0. The van der Waals surface area contributed by atoms with Gasteiger partial charge in [-0.05, 0) is 18.8 Å². The van der Waals surface area contributed by atoms with Gasteiger partial charge in [-0.1, -0.05) is 19.4 Å². The fraction of sp³-hybridized carbons (Fsp3) is 0.700. The molecule has 0 amide bonds. The van der Waals surface area contributed by atoms with E-state index in [-0.39, 0.29) is 11.2 Å². The van der Waals surface area contributed by atoms with Crippen molar-refractivity contribution in [3.05, 3.63) is 11.0 Å². The van der Waals surface area contributed by atoms with E-state index in [0.29, 0.717) is 13.0 Å². The Labute approximate surface area is 89.8 Å². The maximum absolute atomic E-state index is 10.4. The highest BCUT2D eigenvalue weighted by atomic mass is 32.2. The number of hydrogen-bond acceptors (Lipinski definition) is 3. The van der Waals surface area contributed by atoms with E-state index in [0.717, 1.165) is 5.57 Å². The summed E-state index contributed by atoms with van der Waals surface area (Å²) in [4.78, 5) is 10.4. The Morgan fingerprint density at radius 2 is 2.14 bits per heavy atom. The van der Waals surface area contributed by atoms with Crippen LogP contribution in [-0.2, 0) is 4.79 Å². The maximum atomic E-state index is 10.4. The third-order valence-corrected chi connectivity index (χ3v) is 3.20. The number of carboxylic acid groups (broad SMARTS) is 1. The molecular weight excluding hydrogens is 198 g/mol. The zero-order valence-corrected chi connectivity index (χ0v) is 9.86. The molecule has 0 unspecified atom stereocenters. The molecule has 0 fully saturated rings. The zero-order valence-electron chi connectivity index (χ0n) is 9.04. The second-order valence-electron chi connectivity index (χ2n) is 3.94. The fourth-order valence-corrected chi connectivity index (χ4v) is 1.61. The first-order valence-electron chi connectivity index (χ1n) is 4.63. The summed E-state index contributed by atoms with van der Waals surface area (Å²) in [7, 11) is 0. The molecule has 0 aliphatic carbocycles. The van der Waals surface area contributed by atoms with E-state index in [2.05, 4.69) is 0 Å². The number of carboxylic acids is 1. The number of rotatable bonds is 6. The summed E-state index contributed by atoms with van der Waals surface area (Å²) in [5, 5.41) is 10.6. The number of hydrogen-bond donors (Lipinski definition) is 2. The molecule has 0 spiro atoms. The minimum absolute atomic E-state index is 0.0329. The summed E-state index contributed by atoms with van der Waals surface area (Å²) in [5.74, 6) is -0.738. The van der Waals surface area contributed by atoms with E-state index in [1.54, 1.807) is 11.8 Å². The Balaban J connectivity index is 4.00. The summed E-state index contributed by atoms with van der Waals surface area (Å²) < 4.78 is -0.0329. The van der Waals surface area contributed by atoms with Crippen molar-refractivity contribution in [2.75, 3.05) is 6.54 Å². The van der Waals surface area contributed by atoms with Crippen molar-refractivity contribution >= 4 is 17.7 Å². The van der Waals surface area contributed by atoms with Crippen LogP contribution in [0, 0.1) is 0 Å². The smallest absolute Gasteiger partial charge is 0.303 e. The largest absolute Gasteiger partial charge is 0.481 e. The van der Waals surface area contributed by atoms with Gasteiger partial charge in [0.2, 0.25) is 0 Å². The molecule has 0 aliphatic rings. The van der Waals surface area contributed by atoms with Gasteiger partial charge in [0.15, 0.2) is 0 Å². The van der Waals surface area contributed by atoms with Crippen molar-refractivity contribution < 1.29 is 9.90 Å². The van der Waals surface area contributed by atoms with E-state index < -0.39 is 5.97 Å². The predicted molar refractivity (Wildman–Crippen MR) is 61.4 cm³/mol. The minimum Gasteiger partial charge on any atom is -0.481 e. The highest BCUT2D eigenvalue weighted by molar-refractivity contribution is 8.03. The molecule has 0 atom stereocenters. The molecule has 0 aromatic heterocycles. The molecule has 3 N–H and O–H groups in total. The van der Waals surface area contributed by atoms with Gasteiger partial charge in [0, 0.05) is 17.7 Å². The van der Waals surface area contributed by atoms with Gasteiger partial charge in [-0.15, -0.1) is 11.8 Å². The van der Waals surface area contributed by atoms with E-state index in [4.69, 9.17) is 10.8 Å². The molecule has 0 aromatic carbocycles. The predicted octanol–water partition coefficient (Wildman–Crippen LogP) is 2.23. The molecule has 3 nitrogen and oxygen atoms in total. The van der Waals surface area contributed by atoms with Crippen molar-refractivity contribution in [2.24, 2.45) is 5.73 Å². The van der Waals surface area contributed by atoms with Gasteiger partial charge in [0.25, 0.3) is 0 Å². The van der Waals surface area contributed by atoms with Gasteiger partial charge in [0.05, 0.1) is 0 Å². The van der Waals surface area contributed by atoms with Crippen LogP contribution in [0.4, 0.5) is 0 Å². The quantitative estimate of drug-likeness (QED) is 0.716.